The van der Waals surface area contributed by atoms with Crippen molar-refractivity contribution in [1.29, 1.82) is 0 Å². The molecule has 1 fully saturated rings. The van der Waals surface area contributed by atoms with Gasteiger partial charge in [0.2, 0.25) is 0 Å². The molecule has 2 aromatic rings. The molecule has 2 heterocycles. The van der Waals surface area contributed by atoms with E-state index in [1.165, 1.54) is 4.90 Å². The Hall–Kier alpha value is -2.18. The first-order valence-corrected chi connectivity index (χ1v) is 8.96. The highest BCUT2D eigenvalue weighted by Gasteiger charge is 2.37. The molecule has 6 heteroatoms. The maximum absolute atomic E-state index is 12.6. The molecule has 0 saturated carbocycles. The number of hydrogen-bond acceptors (Lipinski definition) is 4. The molecule has 1 saturated heterocycles. The van der Waals surface area contributed by atoms with Gasteiger partial charge in [0.1, 0.15) is 11.5 Å². The summed E-state index contributed by atoms with van der Waals surface area (Å²) in [4.78, 5) is 26.4. The van der Waals surface area contributed by atoms with Crippen LogP contribution in [0.2, 0.25) is 0 Å². The molecule has 25 heavy (non-hydrogen) atoms. The molecule has 0 N–H and O–H groups in total. The van der Waals surface area contributed by atoms with Crippen LogP contribution in [0.25, 0.3) is 0 Å². The fourth-order valence-electron chi connectivity index (χ4n) is 3.13. The van der Waals surface area contributed by atoms with Crippen molar-refractivity contribution in [2.45, 2.75) is 18.9 Å². The molecule has 4 rings (SSSR count). The largest absolute Gasteiger partial charge is 0.457 e. The van der Waals surface area contributed by atoms with E-state index in [4.69, 9.17) is 9.47 Å². The van der Waals surface area contributed by atoms with Gasteiger partial charge in [-0.25, -0.2) is 0 Å². The first kappa shape index (κ1) is 16.3. The molecule has 0 unspecified atom stereocenters. The van der Waals surface area contributed by atoms with Crippen molar-refractivity contribution in [2.24, 2.45) is 0 Å². The number of nitrogens with zero attached hydrogens (tertiary/aromatic N) is 1. The van der Waals surface area contributed by atoms with E-state index in [9.17, 15) is 9.59 Å². The Kier molecular flexibility index (Phi) is 4.31. The molecule has 2 amide bonds. The normalized spacial score (nSPS) is 19.4. The minimum atomic E-state index is -0.281. The molecule has 2 aliphatic heterocycles. The SMILES string of the molecule is O=C1c2ccc(Oc3ccc(Br)cc3)cc2C(=O)N1C[C@@H]1CCCO1. The highest BCUT2D eigenvalue weighted by molar-refractivity contribution is 9.10. The average molecular weight is 402 g/mol. The summed E-state index contributed by atoms with van der Waals surface area (Å²) in [5.74, 6) is 0.653. The smallest absolute Gasteiger partial charge is 0.261 e. The first-order valence-electron chi connectivity index (χ1n) is 8.17. The van der Waals surface area contributed by atoms with E-state index >= 15 is 0 Å². The summed E-state index contributed by atoms with van der Waals surface area (Å²) in [6, 6.07) is 12.4. The van der Waals surface area contributed by atoms with Crippen LogP contribution < -0.4 is 4.74 Å². The Balaban J connectivity index is 1.55. The molecule has 5 nitrogen and oxygen atoms in total. The van der Waals surface area contributed by atoms with Crippen LogP contribution in [0.15, 0.2) is 46.9 Å². The number of carbonyl (C=O) groups is 2. The molecule has 128 valence electrons. The number of amides is 2. The number of rotatable bonds is 4. The summed E-state index contributed by atoms with van der Waals surface area (Å²) in [6.07, 6.45) is 1.80. The van der Waals surface area contributed by atoms with Crippen molar-refractivity contribution in [2.75, 3.05) is 13.2 Å². The fraction of sp³-hybridized carbons (Fsp3) is 0.263. The number of carbonyl (C=O) groups excluding carboxylic acids is 2. The fourth-order valence-corrected chi connectivity index (χ4v) is 3.39. The zero-order valence-corrected chi connectivity index (χ0v) is 15.0. The van der Waals surface area contributed by atoms with Gasteiger partial charge in [-0.1, -0.05) is 15.9 Å². The van der Waals surface area contributed by atoms with Gasteiger partial charge in [0.05, 0.1) is 23.8 Å². The standard InChI is InChI=1S/C19H16BrNO4/c20-12-3-5-13(6-4-12)25-14-7-8-16-17(10-14)19(23)21(18(16)22)11-15-2-1-9-24-15/h3-8,10,15H,1-2,9,11H2/t15-/m0/s1. The molecule has 1 atom stereocenters. The van der Waals surface area contributed by atoms with E-state index in [0.29, 0.717) is 35.8 Å². The van der Waals surface area contributed by atoms with Crippen LogP contribution in [0.1, 0.15) is 33.6 Å². The van der Waals surface area contributed by atoms with Crippen LogP contribution in [-0.4, -0.2) is 36.0 Å². The quantitative estimate of drug-likeness (QED) is 0.726. The van der Waals surface area contributed by atoms with Gasteiger partial charge in [-0.15, -0.1) is 0 Å². The number of fused-ring (bicyclic) bond motifs is 1. The van der Waals surface area contributed by atoms with Gasteiger partial charge in [0.25, 0.3) is 11.8 Å². The number of hydrogen-bond donors (Lipinski definition) is 0. The van der Waals surface area contributed by atoms with E-state index in [0.717, 1.165) is 17.3 Å². The maximum Gasteiger partial charge on any atom is 0.261 e. The lowest BCUT2D eigenvalue weighted by molar-refractivity contribution is 0.0475. The minimum Gasteiger partial charge on any atom is -0.457 e. The van der Waals surface area contributed by atoms with Crippen molar-refractivity contribution in [1.82, 2.24) is 4.90 Å². The summed E-state index contributed by atoms with van der Waals surface area (Å²) in [7, 11) is 0. The van der Waals surface area contributed by atoms with E-state index in [2.05, 4.69) is 15.9 Å². The summed E-state index contributed by atoms with van der Waals surface area (Å²) in [6.45, 7) is 1.01. The van der Waals surface area contributed by atoms with Gasteiger partial charge in [0, 0.05) is 11.1 Å². The second-order valence-electron chi connectivity index (χ2n) is 6.12. The van der Waals surface area contributed by atoms with Gasteiger partial charge >= 0.3 is 0 Å². The van der Waals surface area contributed by atoms with E-state index in [-0.39, 0.29) is 17.9 Å². The average Bonchev–Trinajstić information content (AvgIpc) is 3.20. The zero-order chi connectivity index (χ0) is 17.4. The predicted octanol–water partition coefficient (Wildman–Crippen LogP) is 4.02. The molecule has 0 aliphatic carbocycles. The molecule has 2 aliphatic rings. The van der Waals surface area contributed by atoms with Gasteiger partial charge in [0.15, 0.2) is 0 Å². The Labute approximate surface area is 153 Å². The lowest BCUT2D eigenvalue weighted by Gasteiger charge is -2.17. The molecule has 2 aromatic carbocycles. The van der Waals surface area contributed by atoms with Crippen LogP contribution in [0.4, 0.5) is 0 Å². The van der Waals surface area contributed by atoms with Crippen LogP contribution >= 0.6 is 15.9 Å². The van der Waals surface area contributed by atoms with Crippen molar-refractivity contribution >= 4 is 27.7 Å². The van der Waals surface area contributed by atoms with Crippen molar-refractivity contribution < 1.29 is 19.1 Å². The zero-order valence-electron chi connectivity index (χ0n) is 13.4. The van der Waals surface area contributed by atoms with Crippen molar-refractivity contribution in [3.05, 3.63) is 58.1 Å². The third-order valence-corrected chi connectivity index (χ3v) is 4.93. The van der Waals surface area contributed by atoms with Gasteiger partial charge < -0.3 is 9.47 Å². The third-order valence-electron chi connectivity index (χ3n) is 4.40. The third kappa shape index (κ3) is 3.19. The van der Waals surface area contributed by atoms with E-state index < -0.39 is 0 Å². The summed E-state index contributed by atoms with van der Waals surface area (Å²) >= 11 is 3.37. The van der Waals surface area contributed by atoms with Gasteiger partial charge in [-0.2, -0.15) is 0 Å². The lowest BCUT2D eigenvalue weighted by Crippen LogP contribution is -2.36. The maximum atomic E-state index is 12.6. The van der Waals surface area contributed by atoms with Gasteiger partial charge in [-0.05, 0) is 55.3 Å². The minimum absolute atomic E-state index is 0.0549. The Morgan fingerprint density at radius 2 is 1.76 bits per heavy atom. The van der Waals surface area contributed by atoms with Crippen molar-refractivity contribution in [3.63, 3.8) is 0 Å². The van der Waals surface area contributed by atoms with Crippen molar-refractivity contribution in [3.8, 4) is 11.5 Å². The number of halogens is 1. The molecular formula is C19H16BrNO4. The van der Waals surface area contributed by atoms with E-state index in [1.807, 2.05) is 24.3 Å². The summed E-state index contributed by atoms with van der Waals surface area (Å²) < 4.78 is 12.3. The van der Waals surface area contributed by atoms with Crippen LogP contribution in [-0.2, 0) is 4.74 Å². The second kappa shape index (κ2) is 6.61. The monoisotopic (exact) mass is 401 g/mol. The Morgan fingerprint density at radius 3 is 2.48 bits per heavy atom. The predicted molar refractivity (Wildman–Crippen MR) is 95.0 cm³/mol. The molecule has 0 spiro atoms. The molecule has 0 bridgehead atoms. The van der Waals surface area contributed by atoms with Crippen LogP contribution in [0, 0.1) is 0 Å². The lowest BCUT2D eigenvalue weighted by atomic mass is 10.1. The summed E-state index contributed by atoms with van der Waals surface area (Å²) in [5, 5.41) is 0. The molecule has 0 radical (unpaired) electrons. The molecule has 0 aromatic heterocycles. The number of benzene rings is 2. The second-order valence-corrected chi connectivity index (χ2v) is 7.03. The Morgan fingerprint density at radius 1 is 1.04 bits per heavy atom. The summed E-state index contributed by atoms with van der Waals surface area (Å²) in [5.41, 5.74) is 0.809. The highest BCUT2D eigenvalue weighted by Crippen LogP contribution is 2.30. The number of imide groups is 1. The van der Waals surface area contributed by atoms with Gasteiger partial charge in [-0.3, -0.25) is 14.5 Å². The molecular weight excluding hydrogens is 386 g/mol. The topological polar surface area (TPSA) is 55.8 Å². The highest BCUT2D eigenvalue weighted by atomic mass is 79.9. The van der Waals surface area contributed by atoms with E-state index in [1.54, 1.807) is 18.2 Å². The Bertz CT molecular complexity index is 828. The number of ether oxygens (including phenoxy) is 2. The van der Waals surface area contributed by atoms with Crippen LogP contribution in [0.3, 0.4) is 0 Å². The van der Waals surface area contributed by atoms with Crippen LogP contribution in [0.5, 0.6) is 11.5 Å². The first-order chi connectivity index (χ1) is 12.1.